The first-order valence-electron chi connectivity index (χ1n) is 11.4. The molecule has 2 N–H and O–H groups in total. The Hall–Kier alpha value is -0.650. The Balaban J connectivity index is 2.01. The van der Waals surface area contributed by atoms with Crippen molar-refractivity contribution in [3.05, 3.63) is 0 Å². The van der Waals surface area contributed by atoms with E-state index in [9.17, 15) is 15.0 Å². The average molecular weight is 401 g/mol. The van der Waals surface area contributed by atoms with Crippen LogP contribution in [0.15, 0.2) is 0 Å². The van der Waals surface area contributed by atoms with E-state index in [1.54, 1.807) is 0 Å². The predicted molar refractivity (Wildman–Crippen MR) is 112 cm³/mol. The molecule has 0 saturated carbocycles. The van der Waals surface area contributed by atoms with Crippen LogP contribution in [0.25, 0.3) is 0 Å². The molecule has 0 aliphatic carbocycles. The molecular formula is C23H44O5. The van der Waals surface area contributed by atoms with Gasteiger partial charge in [0.1, 0.15) is 18.8 Å². The largest absolute Gasteiger partial charge is 0.463 e. The molecule has 1 aliphatic rings. The first-order chi connectivity index (χ1) is 13.3. The minimum atomic E-state index is -0.956. The summed E-state index contributed by atoms with van der Waals surface area (Å²) in [5.41, 5.74) is 0. The molecule has 0 amide bonds. The molecule has 0 aromatic carbocycles. The van der Waals surface area contributed by atoms with Crippen LogP contribution < -0.4 is 0 Å². The van der Waals surface area contributed by atoms with Crippen LogP contribution in [-0.2, 0) is 14.3 Å². The van der Waals surface area contributed by atoms with Crippen molar-refractivity contribution in [1.82, 2.24) is 0 Å². The van der Waals surface area contributed by atoms with Crippen molar-refractivity contribution in [3.63, 3.8) is 0 Å². The molecule has 5 heteroatoms. The molecule has 1 aliphatic heterocycles. The fourth-order valence-electron chi connectivity index (χ4n) is 3.89. The lowest BCUT2D eigenvalue weighted by atomic mass is 9.92. The van der Waals surface area contributed by atoms with Crippen molar-refractivity contribution in [1.29, 1.82) is 0 Å². The number of rotatable bonds is 15. The number of carbonyl (C=O) groups is 1. The molecule has 28 heavy (non-hydrogen) atoms. The molecule has 166 valence electrons. The fraction of sp³-hybridized carbons (Fsp3) is 0.957. The van der Waals surface area contributed by atoms with Gasteiger partial charge in [-0.3, -0.25) is 4.79 Å². The maximum atomic E-state index is 11.8. The van der Waals surface area contributed by atoms with Crippen LogP contribution in [0.1, 0.15) is 91.9 Å². The van der Waals surface area contributed by atoms with Gasteiger partial charge in [0, 0.05) is 13.0 Å². The molecule has 1 heterocycles. The summed E-state index contributed by atoms with van der Waals surface area (Å²) in [5, 5.41) is 19.6. The van der Waals surface area contributed by atoms with Gasteiger partial charge >= 0.3 is 5.97 Å². The summed E-state index contributed by atoms with van der Waals surface area (Å²) in [6, 6.07) is 0. The van der Waals surface area contributed by atoms with Crippen molar-refractivity contribution in [2.24, 2.45) is 17.8 Å². The Bertz CT molecular complexity index is 412. The monoisotopic (exact) mass is 400 g/mol. The average Bonchev–Trinajstić information content (AvgIpc) is 3.05. The number of aliphatic hydroxyl groups is 2. The maximum Gasteiger partial charge on any atom is 0.305 e. The molecule has 0 radical (unpaired) electrons. The normalized spacial score (nSPS) is 23.0. The minimum absolute atomic E-state index is 0.106. The molecule has 0 spiro atoms. The van der Waals surface area contributed by atoms with Crippen LogP contribution in [0.5, 0.6) is 0 Å². The molecule has 5 nitrogen and oxygen atoms in total. The quantitative estimate of drug-likeness (QED) is 0.396. The van der Waals surface area contributed by atoms with E-state index in [-0.39, 0.29) is 12.6 Å². The van der Waals surface area contributed by atoms with Crippen LogP contribution in [-0.4, -0.2) is 47.7 Å². The highest BCUT2D eigenvalue weighted by atomic mass is 16.6. The van der Waals surface area contributed by atoms with E-state index in [2.05, 4.69) is 27.7 Å². The van der Waals surface area contributed by atoms with Crippen molar-refractivity contribution < 1.29 is 24.5 Å². The fourth-order valence-corrected chi connectivity index (χ4v) is 3.89. The Morgan fingerprint density at radius 2 is 1.57 bits per heavy atom. The van der Waals surface area contributed by atoms with Gasteiger partial charge in [0.05, 0.1) is 6.10 Å². The number of ether oxygens (including phenoxy) is 2. The van der Waals surface area contributed by atoms with E-state index in [0.29, 0.717) is 25.4 Å². The van der Waals surface area contributed by atoms with Crippen molar-refractivity contribution >= 4 is 5.97 Å². The van der Waals surface area contributed by atoms with Gasteiger partial charge in [-0.05, 0) is 30.6 Å². The van der Waals surface area contributed by atoms with Gasteiger partial charge in [0.25, 0.3) is 0 Å². The van der Waals surface area contributed by atoms with Gasteiger partial charge in [0.2, 0.25) is 0 Å². The van der Waals surface area contributed by atoms with Crippen LogP contribution in [0, 0.1) is 17.8 Å². The molecule has 0 aromatic rings. The van der Waals surface area contributed by atoms with Gasteiger partial charge < -0.3 is 19.7 Å². The zero-order valence-electron chi connectivity index (χ0n) is 18.6. The van der Waals surface area contributed by atoms with Crippen molar-refractivity contribution in [2.45, 2.75) is 110 Å². The summed E-state index contributed by atoms with van der Waals surface area (Å²) in [6.45, 7) is 9.54. The lowest BCUT2D eigenvalue weighted by molar-refractivity contribution is -0.151. The molecule has 5 unspecified atom stereocenters. The molecule has 5 atom stereocenters. The van der Waals surface area contributed by atoms with E-state index in [1.807, 2.05) is 0 Å². The Kier molecular flexibility index (Phi) is 13.0. The van der Waals surface area contributed by atoms with Crippen molar-refractivity contribution in [2.75, 3.05) is 13.2 Å². The van der Waals surface area contributed by atoms with E-state index >= 15 is 0 Å². The zero-order chi connectivity index (χ0) is 20.9. The predicted octanol–water partition coefficient (Wildman–Crippen LogP) is 4.48. The van der Waals surface area contributed by atoms with Crippen molar-refractivity contribution in [3.8, 4) is 0 Å². The lowest BCUT2D eigenvalue weighted by Crippen LogP contribution is -2.38. The summed E-state index contributed by atoms with van der Waals surface area (Å²) >= 11 is 0. The van der Waals surface area contributed by atoms with E-state index in [0.717, 1.165) is 24.7 Å². The third kappa shape index (κ3) is 11.4. The Morgan fingerprint density at radius 3 is 2.11 bits per heavy atom. The zero-order valence-corrected chi connectivity index (χ0v) is 18.6. The Labute approximate surface area is 172 Å². The number of hydrogen-bond donors (Lipinski definition) is 2. The molecule has 0 aromatic heterocycles. The van der Waals surface area contributed by atoms with Gasteiger partial charge in [-0.15, -0.1) is 0 Å². The van der Waals surface area contributed by atoms with Crippen LogP contribution in [0.3, 0.4) is 0 Å². The highest BCUT2D eigenvalue weighted by Gasteiger charge is 2.33. The SMILES string of the molecule is CC(C)CCCC(C)CCCC(C)CCCC(=O)OCC(O)C1OCCC1O. The highest BCUT2D eigenvalue weighted by Crippen LogP contribution is 2.21. The molecule has 1 rings (SSSR count). The molecule has 1 fully saturated rings. The third-order valence-corrected chi connectivity index (χ3v) is 5.85. The smallest absolute Gasteiger partial charge is 0.305 e. The second-order valence-corrected chi connectivity index (χ2v) is 9.30. The molecule has 1 saturated heterocycles. The summed E-state index contributed by atoms with van der Waals surface area (Å²) in [4.78, 5) is 11.8. The van der Waals surface area contributed by atoms with Crippen LogP contribution in [0.2, 0.25) is 0 Å². The summed E-state index contributed by atoms with van der Waals surface area (Å²) in [5.74, 6) is 1.97. The first-order valence-corrected chi connectivity index (χ1v) is 11.4. The second-order valence-electron chi connectivity index (χ2n) is 9.30. The molecular weight excluding hydrogens is 356 g/mol. The number of hydrogen-bond acceptors (Lipinski definition) is 5. The second kappa shape index (κ2) is 14.4. The summed E-state index contributed by atoms with van der Waals surface area (Å²) in [7, 11) is 0. The minimum Gasteiger partial charge on any atom is -0.463 e. The highest BCUT2D eigenvalue weighted by molar-refractivity contribution is 5.69. The molecule has 0 bridgehead atoms. The Morgan fingerprint density at radius 1 is 1.00 bits per heavy atom. The van der Waals surface area contributed by atoms with Crippen LogP contribution >= 0.6 is 0 Å². The van der Waals surface area contributed by atoms with E-state index in [4.69, 9.17) is 9.47 Å². The van der Waals surface area contributed by atoms with Gasteiger partial charge in [-0.2, -0.15) is 0 Å². The summed E-state index contributed by atoms with van der Waals surface area (Å²) in [6.07, 6.45) is 8.30. The van der Waals surface area contributed by atoms with Gasteiger partial charge in [0.15, 0.2) is 0 Å². The topological polar surface area (TPSA) is 76.0 Å². The first kappa shape index (κ1) is 25.4. The maximum absolute atomic E-state index is 11.8. The third-order valence-electron chi connectivity index (χ3n) is 5.85. The van der Waals surface area contributed by atoms with Crippen LogP contribution in [0.4, 0.5) is 0 Å². The number of carbonyl (C=O) groups excluding carboxylic acids is 1. The van der Waals surface area contributed by atoms with E-state index in [1.165, 1.54) is 38.5 Å². The number of aliphatic hydroxyl groups excluding tert-OH is 2. The lowest BCUT2D eigenvalue weighted by Gasteiger charge is -2.20. The number of esters is 1. The van der Waals surface area contributed by atoms with Gasteiger partial charge in [-0.1, -0.05) is 72.6 Å². The summed E-state index contributed by atoms with van der Waals surface area (Å²) < 4.78 is 10.4. The van der Waals surface area contributed by atoms with E-state index < -0.39 is 18.3 Å². The standard InChI is InChI=1S/C23H44O5/c1-17(2)8-5-9-18(3)10-6-11-19(4)12-7-13-22(26)28-16-21(25)23-20(24)14-15-27-23/h17-21,23-25H,5-16H2,1-4H3. The van der Waals surface area contributed by atoms with Gasteiger partial charge in [-0.25, -0.2) is 0 Å².